The average Bonchev–Trinajstić information content (AvgIpc) is 3.01. The van der Waals surface area contributed by atoms with E-state index in [1.165, 1.54) is 12.1 Å². The highest BCUT2D eigenvalue weighted by Gasteiger charge is 2.25. The first-order chi connectivity index (χ1) is 21.6. The van der Waals surface area contributed by atoms with Crippen LogP contribution in [0.2, 0.25) is 0 Å². The number of amides is 3. The maximum atomic E-state index is 12.5. The third-order valence-corrected chi connectivity index (χ3v) is 7.34. The van der Waals surface area contributed by atoms with Crippen molar-refractivity contribution in [1.29, 1.82) is 0 Å². The monoisotopic (exact) mass is 657 g/mol. The van der Waals surface area contributed by atoms with Crippen LogP contribution >= 0.6 is 0 Å². The number of hydrogen-bond donors (Lipinski definition) is 7. The van der Waals surface area contributed by atoms with Crippen LogP contribution in [0.25, 0.3) is 0 Å². The number of alkyl carbamates (subject to hydrolysis) is 2. The zero-order chi connectivity index (χ0) is 32.9. The van der Waals surface area contributed by atoms with E-state index in [4.69, 9.17) is 14.2 Å². The second kappa shape index (κ2) is 20.6. The number of nitrogens with zero attached hydrogens (tertiary/aromatic N) is 1. The Morgan fingerprint density at radius 3 is 2.29 bits per heavy atom. The molecule has 7 N–H and O–H groups in total. The summed E-state index contributed by atoms with van der Waals surface area (Å²) in [6, 6.07) is 4.51. The lowest BCUT2D eigenvalue weighted by molar-refractivity contribution is -0.138. The van der Waals surface area contributed by atoms with Crippen molar-refractivity contribution in [2.24, 2.45) is 4.99 Å². The summed E-state index contributed by atoms with van der Waals surface area (Å²) in [5.41, 5.74) is 0.221. The van der Waals surface area contributed by atoms with E-state index < -0.39 is 52.4 Å². The molecular weight excluding hydrogens is 614 g/mol. The number of ether oxygens (including phenoxy) is 3. The Balaban J connectivity index is 1.64. The van der Waals surface area contributed by atoms with Gasteiger partial charge in [-0.1, -0.05) is 13.3 Å². The largest absolute Gasteiger partial charge is 0.492 e. The first-order valence-electron chi connectivity index (χ1n) is 14.7. The fourth-order valence-corrected chi connectivity index (χ4v) is 4.68. The number of aliphatic carboxylic acids is 1. The number of sulfonamides is 1. The molecule has 1 heterocycles. The summed E-state index contributed by atoms with van der Waals surface area (Å²) < 4.78 is 42.2. The number of carboxylic acids is 1. The van der Waals surface area contributed by atoms with Gasteiger partial charge in [0.15, 0.2) is 5.96 Å². The van der Waals surface area contributed by atoms with Crippen molar-refractivity contribution in [3.8, 4) is 5.75 Å². The van der Waals surface area contributed by atoms with Crippen LogP contribution in [0.4, 0.5) is 9.59 Å². The zero-order valence-electron chi connectivity index (χ0n) is 25.3. The minimum absolute atomic E-state index is 0.0332. The third kappa shape index (κ3) is 16.4. The third-order valence-electron chi connectivity index (χ3n) is 5.96. The number of carbonyl (C=O) groups is 4. The molecule has 0 fully saturated rings. The van der Waals surface area contributed by atoms with Crippen LogP contribution in [0.15, 0.2) is 29.3 Å². The summed E-state index contributed by atoms with van der Waals surface area (Å²) >= 11 is 0. The van der Waals surface area contributed by atoms with E-state index in [-0.39, 0.29) is 25.3 Å². The van der Waals surface area contributed by atoms with Gasteiger partial charge in [0.1, 0.15) is 18.4 Å². The van der Waals surface area contributed by atoms with Gasteiger partial charge in [0.2, 0.25) is 10.0 Å². The van der Waals surface area contributed by atoms with E-state index in [0.717, 1.165) is 38.3 Å². The number of hydrogen-bond acceptors (Lipinski definition) is 12. The Bertz CT molecular complexity index is 1230. The molecule has 0 spiro atoms. The van der Waals surface area contributed by atoms with Crippen LogP contribution in [-0.2, 0) is 24.3 Å². The highest BCUT2D eigenvalue weighted by Crippen LogP contribution is 2.12. The second-order valence-electron chi connectivity index (χ2n) is 9.68. The highest BCUT2D eigenvalue weighted by molar-refractivity contribution is 7.89. The first kappa shape index (κ1) is 36.9. The van der Waals surface area contributed by atoms with Crippen molar-refractivity contribution in [3.05, 3.63) is 29.8 Å². The van der Waals surface area contributed by atoms with Crippen LogP contribution in [-0.4, -0.2) is 114 Å². The average molecular weight is 658 g/mol. The lowest BCUT2D eigenvalue weighted by Crippen LogP contribution is -2.49. The first-order valence-corrected chi connectivity index (χ1v) is 16.3. The maximum Gasteiger partial charge on any atom is 0.407 e. The molecule has 1 aliphatic rings. The Kier molecular flexibility index (Phi) is 16.9. The molecule has 1 atom stereocenters. The van der Waals surface area contributed by atoms with E-state index in [2.05, 4.69) is 31.6 Å². The number of rotatable bonds is 20. The van der Waals surface area contributed by atoms with Crippen molar-refractivity contribution < 1.29 is 46.9 Å². The SMILES string of the molecule is CCCCOC(=O)NCCCOC(=O)NCCS(=O)(=O)N[C@@H](CNC(=O)c1ccc(OCCNC2=NCCCN2)cc1)C(=O)O. The number of aliphatic imine (C=N–C) groups is 1. The molecule has 0 bridgehead atoms. The Morgan fingerprint density at radius 1 is 0.956 bits per heavy atom. The predicted molar refractivity (Wildman–Crippen MR) is 164 cm³/mol. The Labute approximate surface area is 262 Å². The fourth-order valence-electron chi connectivity index (χ4n) is 3.57. The minimum atomic E-state index is -4.15. The normalized spacial score (nSPS) is 13.3. The van der Waals surface area contributed by atoms with E-state index in [9.17, 15) is 32.7 Å². The number of unbranched alkanes of at least 4 members (excludes halogenated alkanes) is 1. The molecular formula is C27H43N7O10S. The molecule has 0 saturated heterocycles. The molecule has 0 radical (unpaired) electrons. The molecule has 45 heavy (non-hydrogen) atoms. The van der Waals surface area contributed by atoms with Crippen LogP contribution in [0.5, 0.6) is 5.75 Å². The van der Waals surface area contributed by atoms with Crippen molar-refractivity contribution in [3.63, 3.8) is 0 Å². The molecule has 1 aromatic rings. The fraction of sp³-hybridized carbons (Fsp3) is 0.593. The number of carboxylic acid groups (broad SMARTS) is 1. The lowest BCUT2D eigenvalue weighted by atomic mass is 10.2. The van der Waals surface area contributed by atoms with Gasteiger partial charge < -0.3 is 45.9 Å². The van der Waals surface area contributed by atoms with Gasteiger partial charge in [-0.05, 0) is 43.5 Å². The Morgan fingerprint density at radius 2 is 1.64 bits per heavy atom. The topological polar surface area (TPSA) is 235 Å². The number of guanidine groups is 1. The van der Waals surface area contributed by atoms with E-state index >= 15 is 0 Å². The van der Waals surface area contributed by atoms with Crippen LogP contribution in [0, 0.1) is 0 Å². The molecule has 0 aliphatic carbocycles. The molecule has 18 heteroatoms. The van der Waals surface area contributed by atoms with E-state index in [1.54, 1.807) is 12.1 Å². The summed E-state index contributed by atoms with van der Waals surface area (Å²) in [6.45, 7) is 4.12. The molecule has 1 aliphatic heterocycles. The summed E-state index contributed by atoms with van der Waals surface area (Å²) in [6.07, 6.45) is 1.52. The zero-order valence-corrected chi connectivity index (χ0v) is 26.1. The van der Waals surface area contributed by atoms with Crippen LogP contribution < -0.4 is 36.0 Å². The van der Waals surface area contributed by atoms with Gasteiger partial charge in [0.25, 0.3) is 5.91 Å². The second-order valence-corrected chi connectivity index (χ2v) is 11.6. The number of carbonyl (C=O) groups excluding carboxylic acids is 3. The smallest absolute Gasteiger partial charge is 0.407 e. The minimum Gasteiger partial charge on any atom is -0.492 e. The summed E-state index contributed by atoms with van der Waals surface area (Å²) in [5, 5.41) is 22.9. The van der Waals surface area contributed by atoms with E-state index in [1.807, 2.05) is 11.6 Å². The van der Waals surface area contributed by atoms with Gasteiger partial charge in [-0.15, -0.1) is 0 Å². The molecule has 1 aromatic carbocycles. The van der Waals surface area contributed by atoms with Crippen LogP contribution in [0.3, 0.4) is 0 Å². The predicted octanol–water partition coefficient (Wildman–Crippen LogP) is -0.251. The quantitative estimate of drug-likeness (QED) is 0.0900. The molecule has 0 aromatic heterocycles. The van der Waals surface area contributed by atoms with Crippen molar-refractivity contribution in [2.45, 2.75) is 38.6 Å². The standard InChI is InChI=1S/C27H43N7O10S/c1-2-3-15-43-26(38)31-12-5-16-44-27(39)32-14-18-45(40,41)34-22(24(36)37)19-33-23(35)20-6-8-21(9-7-20)42-17-13-30-25-28-10-4-11-29-25/h6-9,22,34H,2-5,10-19H2,1H3,(H,31,38)(H,32,39)(H,33,35)(H,36,37)(H2,28,29,30)/t22-/m0/s1. The van der Waals surface area contributed by atoms with Gasteiger partial charge in [-0.2, -0.15) is 4.72 Å². The van der Waals surface area contributed by atoms with Gasteiger partial charge in [0, 0.05) is 38.3 Å². The number of benzene rings is 1. The van der Waals surface area contributed by atoms with Crippen LogP contribution in [0.1, 0.15) is 43.0 Å². The van der Waals surface area contributed by atoms with Crippen molar-refractivity contribution in [2.75, 3.05) is 64.8 Å². The summed E-state index contributed by atoms with van der Waals surface area (Å²) in [5.74, 6) is -1.48. The molecule has 2 rings (SSSR count). The highest BCUT2D eigenvalue weighted by atomic mass is 32.2. The maximum absolute atomic E-state index is 12.5. The van der Waals surface area contributed by atoms with Gasteiger partial charge in [0.05, 0.1) is 25.5 Å². The lowest BCUT2D eigenvalue weighted by Gasteiger charge is -2.16. The molecule has 0 saturated carbocycles. The molecule has 17 nitrogen and oxygen atoms in total. The molecule has 252 valence electrons. The molecule has 0 unspecified atom stereocenters. The Hall–Kier alpha value is -4.32. The van der Waals surface area contributed by atoms with E-state index in [0.29, 0.717) is 31.9 Å². The molecule has 3 amide bonds. The van der Waals surface area contributed by atoms with Crippen molar-refractivity contribution >= 4 is 40.0 Å². The summed E-state index contributed by atoms with van der Waals surface area (Å²) in [7, 11) is -4.15. The number of nitrogens with one attached hydrogen (secondary N) is 6. The summed E-state index contributed by atoms with van der Waals surface area (Å²) in [4.78, 5) is 51.6. The van der Waals surface area contributed by atoms with Crippen molar-refractivity contribution in [1.82, 2.24) is 31.3 Å². The van der Waals surface area contributed by atoms with Gasteiger partial charge >= 0.3 is 18.2 Å². The van der Waals surface area contributed by atoms with Gasteiger partial charge in [-0.25, -0.2) is 18.0 Å². The van der Waals surface area contributed by atoms with Gasteiger partial charge in [-0.3, -0.25) is 14.6 Å².